The number of fused-ring (bicyclic) bond motifs is 1. The summed E-state index contributed by atoms with van der Waals surface area (Å²) in [4.78, 5) is 2.66. The fourth-order valence-corrected chi connectivity index (χ4v) is 5.09. The second-order valence-electron chi connectivity index (χ2n) is 8.97. The summed E-state index contributed by atoms with van der Waals surface area (Å²) in [5.74, 6) is 0.716. The van der Waals surface area contributed by atoms with E-state index in [1.165, 1.54) is 36.8 Å². The highest BCUT2D eigenvalue weighted by atomic mass is 16.5. The molecule has 3 unspecified atom stereocenters. The molecule has 1 aliphatic carbocycles. The Kier molecular flexibility index (Phi) is 5.65. The first kappa shape index (κ1) is 18.4. The molecule has 0 spiro atoms. The van der Waals surface area contributed by atoms with Crippen LogP contribution >= 0.6 is 0 Å². The van der Waals surface area contributed by atoms with E-state index < -0.39 is 0 Å². The van der Waals surface area contributed by atoms with Crippen LogP contribution in [0.25, 0.3) is 0 Å². The fourth-order valence-electron chi connectivity index (χ4n) is 5.09. The van der Waals surface area contributed by atoms with E-state index in [4.69, 9.17) is 4.74 Å². The highest BCUT2D eigenvalue weighted by Crippen LogP contribution is 2.31. The largest absolute Gasteiger partial charge is 0.379 e. The predicted molar refractivity (Wildman–Crippen MR) is 106 cm³/mol. The SMILES string of the molecule is CC(C)(CNC1CCCC1C1COCCN1)N1CCc2ccccc2C1. The van der Waals surface area contributed by atoms with Crippen molar-refractivity contribution in [1.29, 1.82) is 0 Å². The number of hydrogen-bond acceptors (Lipinski definition) is 4. The number of benzene rings is 1. The molecule has 4 nitrogen and oxygen atoms in total. The van der Waals surface area contributed by atoms with E-state index in [9.17, 15) is 0 Å². The zero-order valence-corrected chi connectivity index (χ0v) is 16.5. The molecule has 3 aliphatic rings. The van der Waals surface area contributed by atoms with Crippen molar-refractivity contribution in [1.82, 2.24) is 15.5 Å². The zero-order valence-electron chi connectivity index (χ0n) is 16.5. The van der Waals surface area contributed by atoms with Crippen LogP contribution in [0.15, 0.2) is 24.3 Å². The van der Waals surface area contributed by atoms with Crippen LogP contribution in [0.3, 0.4) is 0 Å². The molecular formula is C22H35N3O. The Morgan fingerprint density at radius 1 is 1.23 bits per heavy atom. The van der Waals surface area contributed by atoms with Gasteiger partial charge in [0.1, 0.15) is 0 Å². The second-order valence-corrected chi connectivity index (χ2v) is 8.97. The van der Waals surface area contributed by atoms with E-state index in [0.29, 0.717) is 18.0 Å². The molecule has 2 fully saturated rings. The van der Waals surface area contributed by atoms with Crippen molar-refractivity contribution in [2.45, 2.75) is 63.7 Å². The fraction of sp³-hybridized carbons (Fsp3) is 0.727. The van der Waals surface area contributed by atoms with Crippen LogP contribution in [0.1, 0.15) is 44.2 Å². The summed E-state index contributed by atoms with van der Waals surface area (Å²) in [6, 6.07) is 10.1. The third-order valence-electron chi connectivity index (χ3n) is 6.82. The van der Waals surface area contributed by atoms with Gasteiger partial charge in [-0.3, -0.25) is 4.90 Å². The van der Waals surface area contributed by atoms with Crippen molar-refractivity contribution in [2.75, 3.05) is 32.8 Å². The highest BCUT2D eigenvalue weighted by molar-refractivity contribution is 5.29. The van der Waals surface area contributed by atoms with Gasteiger partial charge in [0.15, 0.2) is 0 Å². The maximum atomic E-state index is 5.72. The molecule has 26 heavy (non-hydrogen) atoms. The lowest BCUT2D eigenvalue weighted by atomic mass is 9.91. The molecule has 4 rings (SSSR count). The molecule has 0 amide bonds. The number of rotatable bonds is 5. The lowest BCUT2D eigenvalue weighted by Crippen LogP contribution is -2.56. The Morgan fingerprint density at radius 2 is 2.08 bits per heavy atom. The van der Waals surface area contributed by atoms with Gasteiger partial charge in [0.2, 0.25) is 0 Å². The van der Waals surface area contributed by atoms with Crippen molar-refractivity contribution < 1.29 is 4.74 Å². The summed E-state index contributed by atoms with van der Waals surface area (Å²) in [5.41, 5.74) is 3.22. The van der Waals surface area contributed by atoms with E-state index in [2.05, 4.69) is 53.6 Å². The lowest BCUT2D eigenvalue weighted by Gasteiger charge is -2.43. The summed E-state index contributed by atoms with van der Waals surface area (Å²) >= 11 is 0. The van der Waals surface area contributed by atoms with Crippen LogP contribution in [0, 0.1) is 5.92 Å². The summed E-state index contributed by atoms with van der Waals surface area (Å²) in [6.45, 7) is 10.9. The number of nitrogens with zero attached hydrogens (tertiary/aromatic N) is 1. The van der Waals surface area contributed by atoms with Crippen molar-refractivity contribution in [3.05, 3.63) is 35.4 Å². The predicted octanol–water partition coefficient (Wildman–Crippen LogP) is 2.57. The van der Waals surface area contributed by atoms with Crippen LogP contribution in [-0.2, 0) is 17.7 Å². The van der Waals surface area contributed by atoms with Gasteiger partial charge in [-0.1, -0.05) is 30.7 Å². The topological polar surface area (TPSA) is 36.5 Å². The van der Waals surface area contributed by atoms with Gasteiger partial charge in [-0.15, -0.1) is 0 Å². The summed E-state index contributed by atoms with van der Waals surface area (Å²) in [7, 11) is 0. The van der Waals surface area contributed by atoms with Crippen LogP contribution in [0.4, 0.5) is 0 Å². The highest BCUT2D eigenvalue weighted by Gasteiger charge is 2.36. The molecule has 1 saturated carbocycles. The lowest BCUT2D eigenvalue weighted by molar-refractivity contribution is 0.0494. The standard InChI is InChI=1S/C22H35N3O/c1-22(2,25-12-10-17-6-3-4-7-18(17)14-25)16-24-20-9-5-8-19(20)21-15-26-13-11-23-21/h3-4,6-7,19-21,23-24H,5,8-16H2,1-2H3. The molecule has 3 atom stereocenters. The molecule has 1 saturated heterocycles. The Balaban J connectivity index is 1.34. The summed E-state index contributed by atoms with van der Waals surface area (Å²) < 4.78 is 5.72. The molecule has 2 aliphatic heterocycles. The minimum absolute atomic E-state index is 0.178. The van der Waals surface area contributed by atoms with Crippen molar-refractivity contribution in [3.63, 3.8) is 0 Å². The monoisotopic (exact) mass is 357 g/mol. The molecule has 1 aromatic rings. The molecule has 144 valence electrons. The molecular weight excluding hydrogens is 322 g/mol. The van der Waals surface area contributed by atoms with Gasteiger partial charge in [0.05, 0.1) is 13.2 Å². The van der Waals surface area contributed by atoms with Gasteiger partial charge < -0.3 is 15.4 Å². The summed E-state index contributed by atoms with van der Waals surface area (Å²) in [6.07, 6.45) is 5.16. The van der Waals surface area contributed by atoms with Gasteiger partial charge in [-0.05, 0) is 50.2 Å². The van der Waals surface area contributed by atoms with Crippen LogP contribution in [0.5, 0.6) is 0 Å². The number of hydrogen-bond donors (Lipinski definition) is 2. The van der Waals surface area contributed by atoms with Gasteiger partial charge >= 0.3 is 0 Å². The molecule has 0 aromatic heterocycles. The Bertz CT molecular complexity index is 597. The Morgan fingerprint density at radius 3 is 2.88 bits per heavy atom. The second kappa shape index (κ2) is 7.97. The van der Waals surface area contributed by atoms with Gasteiger partial charge in [-0.25, -0.2) is 0 Å². The van der Waals surface area contributed by atoms with Gasteiger partial charge in [0.25, 0.3) is 0 Å². The minimum Gasteiger partial charge on any atom is -0.379 e. The smallest absolute Gasteiger partial charge is 0.0623 e. The van der Waals surface area contributed by atoms with Crippen molar-refractivity contribution >= 4 is 0 Å². The molecule has 0 radical (unpaired) electrons. The molecule has 2 N–H and O–H groups in total. The maximum Gasteiger partial charge on any atom is 0.0623 e. The van der Waals surface area contributed by atoms with Crippen LogP contribution < -0.4 is 10.6 Å². The third-order valence-corrected chi connectivity index (χ3v) is 6.82. The first-order valence-electron chi connectivity index (χ1n) is 10.5. The molecule has 1 aromatic carbocycles. The first-order valence-corrected chi connectivity index (χ1v) is 10.5. The quantitative estimate of drug-likeness (QED) is 0.849. The normalized spacial score (nSPS) is 30.3. The Labute approximate surface area is 158 Å². The van der Waals surface area contributed by atoms with Crippen molar-refractivity contribution in [2.24, 2.45) is 5.92 Å². The van der Waals surface area contributed by atoms with E-state index in [-0.39, 0.29) is 5.54 Å². The third kappa shape index (κ3) is 3.99. The zero-order chi connectivity index (χ0) is 18.0. The van der Waals surface area contributed by atoms with Gasteiger partial charge in [0, 0.05) is 43.8 Å². The average Bonchev–Trinajstić information content (AvgIpc) is 3.15. The average molecular weight is 358 g/mol. The number of ether oxygens (including phenoxy) is 1. The van der Waals surface area contributed by atoms with E-state index >= 15 is 0 Å². The number of morpholine rings is 1. The molecule has 0 bridgehead atoms. The van der Waals surface area contributed by atoms with Crippen LogP contribution in [-0.4, -0.2) is 55.4 Å². The van der Waals surface area contributed by atoms with Crippen molar-refractivity contribution in [3.8, 4) is 0 Å². The molecule has 2 heterocycles. The van der Waals surface area contributed by atoms with Crippen LogP contribution in [0.2, 0.25) is 0 Å². The Hall–Kier alpha value is -0.940. The summed E-state index contributed by atoms with van der Waals surface area (Å²) in [5, 5.41) is 7.64. The van der Waals surface area contributed by atoms with E-state index in [1.807, 2.05) is 0 Å². The van der Waals surface area contributed by atoms with Gasteiger partial charge in [-0.2, -0.15) is 0 Å². The number of nitrogens with one attached hydrogen (secondary N) is 2. The maximum absolute atomic E-state index is 5.72. The molecule has 4 heteroatoms. The van der Waals surface area contributed by atoms with E-state index in [0.717, 1.165) is 39.4 Å². The van der Waals surface area contributed by atoms with E-state index in [1.54, 1.807) is 0 Å². The minimum atomic E-state index is 0.178. The first-order chi connectivity index (χ1) is 12.6.